The van der Waals surface area contributed by atoms with Gasteiger partial charge in [0.15, 0.2) is 0 Å². The first-order valence-corrected chi connectivity index (χ1v) is 10.2. The Morgan fingerprint density at radius 1 is 1.16 bits per heavy atom. The lowest BCUT2D eigenvalue weighted by Crippen LogP contribution is -2.52. The van der Waals surface area contributed by atoms with Crippen LogP contribution in [0.15, 0.2) is 36.5 Å². The summed E-state index contributed by atoms with van der Waals surface area (Å²) in [6.45, 7) is 2.04. The second-order valence-electron chi connectivity index (χ2n) is 8.09. The number of fused-ring (bicyclic) bond motifs is 1. The lowest BCUT2D eigenvalue weighted by molar-refractivity contribution is -0.138. The van der Waals surface area contributed by atoms with Crippen molar-refractivity contribution in [3.8, 4) is 0 Å². The van der Waals surface area contributed by atoms with E-state index in [4.69, 9.17) is 0 Å². The van der Waals surface area contributed by atoms with Gasteiger partial charge < -0.3 is 10.2 Å². The number of rotatable bonds is 4. The summed E-state index contributed by atoms with van der Waals surface area (Å²) < 4.78 is 68.3. The average molecular weight is 438 g/mol. The van der Waals surface area contributed by atoms with Gasteiger partial charge in [-0.2, -0.15) is 13.2 Å². The van der Waals surface area contributed by atoms with Gasteiger partial charge in [-0.1, -0.05) is 12.1 Å². The van der Waals surface area contributed by atoms with Crippen LogP contribution < -0.4 is 10.2 Å². The fraction of sp³-hybridized carbons (Fsp3) is 0.455. The molecule has 1 aliphatic carbocycles. The SMILES string of the molecule is CC(F)(F)CC1CN(c2ccc(C(F)(F)F)c(C3=CCCc4ncccc43)n2)CCN1. The predicted octanol–water partition coefficient (Wildman–Crippen LogP) is 4.70. The molecule has 0 saturated carbocycles. The molecule has 4 rings (SSSR count). The number of pyridine rings is 2. The van der Waals surface area contributed by atoms with E-state index in [9.17, 15) is 22.0 Å². The van der Waals surface area contributed by atoms with E-state index in [-0.39, 0.29) is 18.7 Å². The van der Waals surface area contributed by atoms with Crippen LogP contribution in [-0.2, 0) is 12.6 Å². The molecule has 3 heterocycles. The van der Waals surface area contributed by atoms with Crippen molar-refractivity contribution < 1.29 is 22.0 Å². The van der Waals surface area contributed by atoms with Crippen LogP contribution in [0.1, 0.15) is 42.3 Å². The third-order valence-corrected chi connectivity index (χ3v) is 5.54. The highest BCUT2D eigenvalue weighted by Crippen LogP contribution is 2.39. The third kappa shape index (κ3) is 4.87. The van der Waals surface area contributed by atoms with Gasteiger partial charge in [0.25, 0.3) is 0 Å². The molecule has 166 valence electrons. The maximum Gasteiger partial charge on any atom is 0.418 e. The van der Waals surface area contributed by atoms with Gasteiger partial charge in [0.1, 0.15) is 5.82 Å². The van der Waals surface area contributed by atoms with Crippen molar-refractivity contribution >= 4 is 11.4 Å². The summed E-state index contributed by atoms with van der Waals surface area (Å²) in [6, 6.07) is 5.34. The molecule has 0 bridgehead atoms. The zero-order chi connectivity index (χ0) is 22.2. The minimum absolute atomic E-state index is 0.144. The lowest BCUT2D eigenvalue weighted by atomic mass is 9.90. The van der Waals surface area contributed by atoms with E-state index < -0.39 is 23.7 Å². The molecular weight excluding hydrogens is 415 g/mol. The minimum Gasteiger partial charge on any atom is -0.354 e. The quantitative estimate of drug-likeness (QED) is 0.703. The summed E-state index contributed by atoms with van der Waals surface area (Å²) in [4.78, 5) is 10.5. The number of alkyl halides is 5. The molecule has 1 N–H and O–H groups in total. The number of halogens is 5. The first kappa shape index (κ1) is 21.7. The standard InChI is InChI=1S/C22H23F5N4/c1-21(23,24)12-14-13-31(11-10-28-14)19-8-7-17(22(25,26)27)20(30-19)16-4-2-6-18-15(16)5-3-9-29-18/h3-5,7-9,14,28H,2,6,10-13H2,1H3. The fourth-order valence-electron chi connectivity index (χ4n) is 4.23. The number of nitrogens with one attached hydrogen (secondary N) is 1. The van der Waals surface area contributed by atoms with E-state index in [1.807, 2.05) is 0 Å². The predicted molar refractivity (Wildman–Crippen MR) is 108 cm³/mol. The molecular formula is C22H23F5N4. The smallest absolute Gasteiger partial charge is 0.354 e. The van der Waals surface area contributed by atoms with E-state index >= 15 is 0 Å². The van der Waals surface area contributed by atoms with Gasteiger partial charge >= 0.3 is 6.18 Å². The summed E-state index contributed by atoms with van der Waals surface area (Å²) in [5.41, 5.74) is 0.844. The van der Waals surface area contributed by atoms with E-state index in [0.717, 1.165) is 18.7 Å². The van der Waals surface area contributed by atoms with Crippen LogP contribution in [0.3, 0.4) is 0 Å². The summed E-state index contributed by atoms with van der Waals surface area (Å²) in [6.07, 6.45) is -0.293. The van der Waals surface area contributed by atoms with Crippen LogP contribution in [0, 0.1) is 0 Å². The summed E-state index contributed by atoms with van der Waals surface area (Å²) >= 11 is 0. The Balaban J connectivity index is 1.72. The zero-order valence-corrected chi connectivity index (χ0v) is 17.0. The summed E-state index contributed by atoms with van der Waals surface area (Å²) in [7, 11) is 0. The molecule has 2 aromatic heterocycles. The van der Waals surface area contributed by atoms with Crippen molar-refractivity contribution in [2.75, 3.05) is 24.5 Å². The highest BCUT2D eigenvalue weighted by Gasteiger charge is 2.37. The number of hydrogen-bond donors (Lipinski definition) is 1. The van der Waals surface area contributed by atoms with Crippen LogP contribution in [0.2, 0.25) is 0 Å². The third-order valence-electron chi connectivity index (χ3n) is 5.54. The molecule has 31 heavy (non-hydrogen) atoms. The molecule has 0 amide bonds. The molecule has 1 saturated heterocycles. The van der Waals surface area contributed by atoms with E-state index in [1.54, 1.807) is 29.3 Å². The average Bonchev–Trinajstić information content (AvgIpc) is 2.71. The molecule has 1 unspecified atom stereocenters. The van der Waals surface area contributed by atoms with Crippen LogP contribution >= 0.6 is 0 Å². The number of aromatic nitrogens is 2. The van der Waals surface area contributed by atoms with Gasteiger partial charge in [-0.05, 0) is 38.0 Å². The fourth-order valence-corrected chi connectivity index (χ4v) is 4.23. The van der Waals surface area contributed by atoms with Crippen molar-refractivity contribution in [2.24, 2.45) is 0 Å². The largest absolute Gasteiger partial charge is 0.418 e. The van der Waals surface area contributed by atoms with Gasteiger partial charge in [0.2, 0.25) is 5.92 Å². The van der Waals surface area contributed by atoms with Gasteiger partial charge in [-0.25, -0.2) is 13.8 Å². The van der Waals surface area contributed by atoms with E-state index in [2.05, 4.69) is 15.3 Å². The lowest BCUT2D eigenvalue weighted by Gasteiger charge is -2.36. The minimum atomic E-state index is -4.57. The van der Waals surface area contributed by atoms with Gasteiger partial charge in [-0.3, -0.25) is 4.98 Å². The maximum absolute atomic E-state index is 13.8. The van der Waals surface area contributed by atoms with Gasteiger partial charge in [-0.15, -0.1) is 0 Å². The molecule has 1 fully saturated rings. The molecule has 2 aromatic rings. The van der Waals surface area contributed by atoms with Gasteiger partial charge in [0, 0.05) is 55.1 Å². The monoisotopic (exact) mass is 438 g/mol. The first-order valence-electron chi connectivity index (χ1n) is 10.2. The molecule has 1 aliphatic heterocycles. The Kier molecular flexibility index (Phi) is 5.72. The zero-order valence-electron chi connectivity index (χ0n) is 17.0. The Labute approximate surface area is 177 Å². The second kappa shape index (κ2) is 8.18. The molecule has 1 atom stereocenters. The first-order chi connectivity index (χ1) is 14.6. The number of hydrogen-bond acceptors (Lipinski definition) is 4. The molecule has 0 spiro atoms. The highest BCUT2D eigenvalue weighted by molar-refractivity contribution is 5.82. The number of aryl methyl sites for hydroxylation is 1. The number of allylic oxidation sites excluding steroid dienone is 1. The topological polar surface area (TPSA) is 41.1 Å². The number of anilines is 1. The maximum atomic E-state index is 13.8. The Morgan fingerprint density at radius 2 is 1.97 bits per heavy atom. The highest BCUT2D eigenvalue weighted by atomic mass is 19.4. The van der Waals surface area contributed by atoms with Crippen molar-refractivity contribution in [1.82, 2.24) is 15.3 Å². The van der Waals surface area contributed by atoms with Crippen molar-refractivity contribution in [1.29, 1.82) is 0 Å². The number of piperazine rings is 1. The van der Waals surface area contributed by atoms with E-state index in [1.165, 1.54) is 6.07 Å². The Bertz CT molecular complexity index is 981. The van der Waals surface area contributed by atoms with Crippen LogP contribution in [0.25, 0.3) is 5.57 Å². The summed E-state index contributed by atoms with van der Waals surface area (Å²) in [5, 5.41) is 3.05. The number of nitrogens with zero attached hydrogens (tertiary/aromatic N) is 3. The van der Waals surface area contributed by atoms with Crippen molar-refractivity contribution in [2.45, 2.75) is 44.3 Å². The van der Waals surface area contributed by atoms with Crippen molar-refractivity contribution in [3.63, 3.8) is 0 Å². The molecule has 9 heteroatoms. The molecule has 2 aliphatic rings. The normalized spacial score (nSPS) is 19.7. The summed E-state index contributed by atoms with van der Waals surface area (Å²) in [5.74, 6) is -2.48. The van der Waals surface area contributed by atoms with Crippen LogP contribution in [0.5, 0.6) is 0 Å². The Morgan fingerprint density at radius 3 is 2.71 bits per heavy atom. The molecule has 4 nitrogen and oxygen atoms in total. The van der Waals surface area contributed by atoms with Gasteiger partial charge in [0.05, 0.1) is 11.3 Å². The molecule has 0 radical (unpaired) electrons. The second-order valence-corrected chi connectivity index (χ2v) is 8.09. The van der Waals surface area contributed by atoms with E-state index in [0.29, 0.717) is 42.9 Å². The van der Waals surface area contributed by atoms with Crippen molar-refractivity contribution in [3.05, 3.63) is 59.1 Å². The Hall–Kier alpha value is -2.55. The van der Waals surface area contributed by atoms with Crippen LogP contribution in [0.4, 0.5) is 27.8 Å². The molecule has 0 aromatic carbocycles. The van der Waals surface area contributed by atoms with Crippen LogP contribution in [-0.4, -0.2) is 41.6 Å².